The molecule has 0 N–H and O–H groups in total. The molecule has 0 radical (unpaired) electrons. The van der Waals surface area contributed by atoms with Crippen molar-refractivity contribution in [3.63, 3.8) is 0 Å². The molecule has 0 saturated heterocycles. The van der Waals surface area contributed by atoms with E-state index in [9.17, 15) is 8.42 Å². The van der Waals surface area contributed by atoms with Gasteiger partial charge in [0.15, 0.2) is 4.67 Å². The average Bonchev–Trinajstić information content (AvgIpc) is 2.05. The highest BCUT2D eigenvalue weighted by atomic mass is 79.9. The van der Waals surface area contributed by atoms with Gasteiger partial charge >= 0.3 is 0 Å². The fourth-order valence-electron chi connectivity index (χ4n) is 0.965. The normalized spacial score (nSPS) is 12.0. The molecular weight excluding hydrogens is 267 g/mol. The van der Waals surface area contributed by atoms with Crippen LogP contribution in [0.25, 0.3) is 0 Å². The third-order valence-electron chi connectivity index (χ3n) is 1.44. The van der Waals surface area contributed by atoms with Gasteiger partial charge in [0.1, 0.15) is 10.7 Å². The molecule has 0 spiro atoms. The lowest BCUT2D eigenvalue weighted by atomic mass is 10.3. The zero-order valence-corrected chi connectivity index (χ0v) is 9.55. The van der Waals surface area contributed by atoms with Gasteiger partial charge in [-0.3, -0.25) is 0 Å². The van der Waals surface area contributed by atoms with Crippen molar-refractivity contribution >= 4 is 35.7 Å². The Kier molecular flexibility index (Phi) is 2.56. The molecule has 1 aromatic rings. The van der Waals surface area contributed by atoms with Crippen LogP contribution in [0.2, 0.25) is 0 Å². The topological polar surface area (TPSA) is 47.3 Å². The fourth-order valence-corrected chi connectivity index (χ4v) is 3.05. The van der Waals surface area contributed by atoms with Gasteiger partial charge in [0.25, 0.3) is 9.05 Å². The van der Waals surface area contributed by atoms with Gasteiger partial charge in [-0.2, -0.15) is 0 Å². The average molecular weight is 274 g/mol. The lowest BCUT2D eigenvalue weighted by Crippen LogP contribution is -1.92. The van der Waals surface area contributed by atoms with Gasteiger partial charge in [-0.25, -0.2) is 8.42 Å². The third kappa shape index (κ3) is 1.67. The van der Waals surface area contributed by atoms with Crippen LogP contribution in [0.5, 0.6) is 0 Å². The SMILES string of the molecule is Cc1oc(Br)c(C)c1S(=O)(=O)Cl. The molecule has 1 heterocycles. The summed E-state index contributed by atoms with van der Waals surface area (Å²) in [6.45, 7) is 3.17. The molecular formula is C6H6BrClO3S. The maximum Gasteiger partial charge on any atom is 0.265 e. The van der Waals surface area contributed by atoms with Gasteiger partial charge in [0.05, 0.1) is 0 Å². The first-order valence-electron chi connectivity index (χ1n) is 3.04. The number of rotatable bonds is 1. The smallest absolute Gasteiger partial charge is 0.265 e. The fraction of sp³-hybridized carbons (Fsp3) is 0.333. The monoisotopic (exact) mass is 272 g/mol. The number of halogens is 2. The van der Waals surface area contributed by atoms with Crippen LogP contribution in [0.1, 0.15) is 11.3 Å². The molecule has 0 saturated carbocycles. The molecule has 6 heteroatoms. The predicted octanol–water partition coefficient (Wildman–Crippen LogP) is 2.59. The van der Waals surface area contributed by atoms with E-state index < -0.39 is 9.05 Å². The van der Waals surface area contributed by atoms with E-state index in [4.69, 9.17) is 15.1 Å². The summed E-state index contributed by atoms with van der Waals surface area (Å²) in [5.74, 6) is 0.300. The Bertz CT molecular complexity index is 407. The molecule has 0 bridgehead atoms. The highest BCUT2D eigenvalue weighted by Gasteiger charge is 2.22. The molecule has 0 unspecified atom stereocenters. The molecule has 0 aromatic carbocycles. The van der Waals surface area contributed by atoms with Crippen molar-refractivity contribution < 1.29 is 12.8 Å². The summed E-state index contributed by atoms with van der Waals surface area (Å²) < 4.78 is 27.4. The third-order valence-corrected chi connectivity index (χ3v) is 3.74. The van der Waals surface area contributed by atoms with E-state index in [2.05, 4.69) is 15.9 Å². The highest BCUT2D eigenvalue weighted by molar-refractivity contribution is 9.10. The molecule has 0 fully saturated rings. The van der Waals surface area contributed by atoms with Crippen molar-refractivity contribution in [2.75, 3.05) is 0 Å². The highest BCUT2D eigenvalue weighted by Crippen LogP contribution is 2.31. The second-order valence-electron chi connectivity index (χ2n) is 2.32. The van der Waals surface area contributed by atoms with Crippen molar-refractivity contribution in [1.82, 2.24) is 0 Å². The molecule has 3 nitrogen and oxygen atoms in total. The van der Waals surface area contributed by atoms with E-state index >= 15 is 0 Å². The van der Waals surface area contributed by atoms with Crippen molar-refractivity contribution in [3.05, 3.63) is 16.0 Å². The van der Waals surface area contributed by atoms with Gasteiger partial charge in [0.2, 0.25) is 0 Å². The summed E-state index contributed by atoms with van der Waals surface area (Å²) in [5, 5.41) is 0. The molecule has 0 aliphatic carbocycles. The van der Waals surface area contributed by atoms with Crippen LogP contribution < -0.4 is 0 Å². The largest absolute Gasteiger partial charge is 0.453 e. The number of aryl methyl sites for hydroxylation is 1. The number of furan rings is 1. The maximum absolute atomic E-state index is 11.0. The van der Waals surface area contributed by atoms with Gasteiger partial charge in [-0.05, 0) is 29.8 Å². The van der Waals surface area contributed by atoms with Crippen LogP contribution in [0, 0.1) is 13.8 Å². The lowest BCUT2D eigenvalue weighted by molar-refractivity contribution is 0.501. The Labute approximate surface area is 83.3 Å². The predicted molar refractivity (Wildman–Crippen MR) is 48.9 cm³/mol. The van der Waals surface area contributed by atoms with Gasteiger partial charge in [-0.1, -0.05) is 0 Å². The van der Waals surface area contributed by atoms with E-state index in [0.717, 1.165) is 0 Å². The quantitative estimate of drug-likeness (QED) is 0.739. The Hall–Kier alpha value is -0.000000000000000111. The van der Waals surface area contributed by atoms with E-state index in [1.165, 1.54) is 0 Å². The van der Waals surface area contributed by atoms with Gasteiger partial charge < -0.3 is 4.42 Å². The molecule has 1 rings (SSSR count). The van der Waals surface area contributed by atoms with Crippen LogP contribution >= 0.6 is 26.6 Å². The van der Waals surface area contributed by atoms with Crippen molar-refractivity contribution in [2.24, 2.45) is 0 Å². The number of hydrogen-bond acceptors (Lipinski definition) is 3. The summed E-state index contributed by atoms with van der Waals surface area (Å²) in [7, 11) is 1.48. The Balaban J connectivity index is 3.54. The summed E-state index contributed by atoms with van der Waals surface area (Å²) in [6, 6.07) is 0. The summed E-state index contributed by atoms with van der Waals surface area (Å²) in [4.78, 5) is 0.0519. The first-order chi connectivity index (χ1) is 5.34. The summed E-state index contributed by atoms with van der Waals surface area (Å²) >= 11 is 3.07. The summed E-state index contributed by atoms with van der Waals surface area (Å²) in [5.41, 5.74) is 0.502. The van der Waals surface area contributed by atoms with Gasteiger partial charge in [0, 0.05) is 16.2 Å². The Morgan fingerprint density at radius 1 is 1.42 bits per heavy atom. The van der Waals surface area contributed by atoms with E-state index in [1.54, 1.807) is 13.8 Å². The molecule has 12 heavy (non-hydrogen) atoms. The van der Waals surface area contributed by atoms with Crippen LogP contribution in [0.15, 0.2) is 14.0 Å². The van der Waals surface area contributed by atoms with Crippen LogP contribution in [0.4, 0.5) is 0 Å². The molecule has 68 valence electrons. The molecule has 0 amide bonds. The Morgan fingerprint density at radius 3 is 2.08 bits per heavy atom. The molecule has 1 aromatic heterocycles. The maximum atomic E-state index is 11.0. The van der Waals surface area contributed by atoms with E-state index in [-0.39, 0.29) is 4.90 Å². The Morgan fingerprint density at radius 2 is 1.92 bits per heavy atom. The van der Waals surface area contributed by atoms with E-state index in [0.29, 0.717) is 16.0 Å². The van der Waals surface area contributed by atoms with Crippen LogP contribution in [-0.2, 0) is 9.05 Å². The zero-order valence-electron chi connectivity index (χ0n) is 6.39. The minimum Gasteiger partial charge on any atom is -0.453 e. The molecule has 0 aliphatic heterocycles. The second kappa shape index (κ2) is 3.05. The first-order valence-corrected chi connectivity index (χ1v) is 6.14. The molecule has 0 aliphatic rings. The van der Waals surface area contributed by atoms with E-state index in [1.807, 2.05) is 0 Å². The zero-order chi connectivity index (χ0) is 9.52. The minimum absolute atomic E-state index is 0.0519. The minimum atomic E-state index is -3.69. The van der Waals surface area contributed by atoms with Crippen molar-refractivity contribution in [1.29, 1.82) is 0 Å². The van der Waals surface area contributed by atoms with Crippen molar-refractivity contribution in [2.45, 2.75) is 18.7 Å². The van der Waals surface area contributed by atoms with Crippen molar-refractivity contribution in [3.8, 4) is 0 Å². The lowest BCUT2D eigenvalue weighted by Gasteiger charge is -1.92. The number of hydrogen-bond donors (Lipinski definition) is 0. The molecule has 0 atom stereocenters. The standard InChI is InChI=1S/C6H6BrClO3S/c1-3-5(12(8,9)10)4(2)11-6(3)7/h1-2H3. The second-order valence-corrected chi connectivity index (χ2v) is 5.55. The first kappa shape index (κ1) is 10.1. The van der Waals surface area contributed by atoms with Crippen LogP contribution in [-0.4, -0.2) is 8.42 Å². The summed E-state index contributed by atoms with van der Waals surface area (Å²) in [6.07, 6.45) is 0. The van der Waals surface area contributed by atoms with Gasteiger partial charge in [-0.15, -0.1) is 0 Å². The van der Waals surface area contributed by atoms with Crippen LogP contribution in [0.3, 0.4) is 0 Å².